The fourth-order valence-corrected chi connectivity index (χ4v) is 2.21. The van der Waals surface area contributed by atoms with Gasteiger partial charge in [0, 0.05) is 30.8 Å². The second kappa shape index (κ2) is 4.70. The van der Waals surface area contributed by atoms with Gasteiger partial charge in [0.05, 0.1) is 12.3 Å². The van der Waals surface area contributed by atoms with E-state index in [0.29, 0.717) is 5.92 Å². The average molecular weight is 233 g/mol. The molecule has 1 aromatic heterocycles. The quantitative estimate of drug-likeness (QED) is 0.857. The van der Waals surface area contributed by atoms with Crippen molar-refractivity contribution in [2.75, 3.05) is 13.2 Å². The molecule has 0 aromatic carbocycles. The second-order valence-electron chi connectivity index (χ2n) is 5.07. The van der Waals surface area contributed by atoms with E-state index >= 15 is 0 Å². The van der Waals surface area contributed by atoms with Gasteiger partial charge in [-0.15, -0.1) is 0 Å². The number of rotatable bonds is 4. The summed E-state index contributed by atoms with van der Waals surface area (Å²) < 4.78 is 5.40. The Morgan fingerprint density at radius 2 is 2.24 bits per heavy atom. The van der Waals surface area contributed by atoms with Crippen molar-refractivity contribution in [3.63, 3.8) is 0 Å². The van der Waals surface area contributed by atoms with Crippen LogP contribution in [0.2, 0.25) is 0 Å². The van der Waals surface area contributed by atoms with E-state index in [0.717, 1.165) is 49.4 Å². The average Bonchev–Trinajstić information content (AvgIpc) is 2.98. The molecular formula is C13H19N3O. The molecule has 2 aliphatic rings. The Morgan fingerprint density at radius 1 is 1.35 bits per heavy atom. The Hall–Kier alpha value is -1.00. The highest BCUT2D eigenvalue weighted by molar-refractivity contribution is 5.13. The monoisotopic (exact) mass is 233 g/mol. The number of aryl methyl sites for hydroxylation is 1. The van der Waals surface area contributed by atoms with Gasteiger partial charge in [-0.05, 0) is 32.3 Å². The molecule has 4 heteroatoms. The summed E-state index contributed by atoms with van der Waals surface area (Å²) in [5, 5.41) is 3.50. The first-order valence-electron chi connectivity index (χ1n) is 6.47. The van der Waals surface area contributed by atoms with Crippen molar-refractivity contribution in [2.45, 2.75) is 44.7 Å². The summed E-state index contributed by atoms with van der Waals surface area (Å²) in [6, 6.07) is 2.80. The zero-order valence-electron chi connectivity index (χ0n) is 10.3. The van der Waals surface area contributed by atoms with Crippen LogP contribution in [0.3, 0.4) is 0 Å². The minimum absolute atomic E-state index is 0.398. The van der Waals surface area contributed by atoms with Crippen molar-refractivity contribution >= 4 is 0 Å². The van der Waals surface area contributed by atoms with E-state index in [1.807, 2.05) is 6.92 Å². The smallest absolute Gasteiger partial charge is 0.134 e. The highest BCUT2D eigenvalue weighted by Crippen LogP contribution is 2.23. The highest BCUT2D eigenvalue weighted by atomic mass is 16.5. The molecule has 1 aliphatic heterocycles. The third-order valence-electron chi connectivity index (χ3n) is 3.37. The molecule has 0 radical (unpaired) electrons. The number of hydrogen-bond donors (Lipinski definition) is 1. The van der Waals surface area contributed by atoms with Gasteiger partial charge in [0.1, 0.15) is 5.82 Å². The van der Waals surface area contributed by atoms with Gasteiger partial charge in [0.2, 0.25) is 0 Å². The summed E-state index contributed by atoms with van der Waals surface area (Å²) in [4.78, 5) is 9.20. The summed E-state index contributed by atoms with van der Waals surface area (Å²) >= 11 is 0. The van der Waals surface area contributed by atoms with E-state index in [9.17, 15) is 0 Å². The van der Waals surface area contributed by atoms with Gasteiger partial charge in [-0.2, -0.15) is 0 Å². The van der Waals surface area contributed by atoms with Gasteiger partial charge in [-0.25, -0.2) is 9.97 Å². The Bertz CT molecular complexity index is 398. The normalized spacial score (nSPS) is 24.2. The first-order valence-corrected chi connectivity index (χ1v) is 6.47. The molecule has 1 aliphatic carbocycles. The maximum absolute atomic E-state index is 5.40. The van der Waals surface area contributed by atoms with Crippen LogP contribution in [0.1, 0.15) is 42.4 Å². The Balaban J connectivity index is 1.73. The maximum Gasteiger partial charge on any atom is 0.134 e. The number of aromatic nitrogens is 2. The van der Waals surface area contributed by atoms with Crippen molar-refractivity contribution in [1.29, 1.82) is 0 Å². The number of nitrogens with zero attached hydrogens (tertiary/aromatic N) is 2. The molecule has 3 rings (SSSR count). The van der Waals surface area contributed by atoms with E-state index in [1.165, 1.54) is 12.8 Å². The lowest BCUT2D eigenvalue weighted by atomic mass is 10.1. The summed E-state index contributed by atoms with van der Waals surface area (Å²) in [6.07, 6.45) is 3.68. The topological polar surface area (TPSA) is 47.0 Å². The third kappa shape index (κ3) is 2.82. The maximum atomic E-state index is 5.40. The van der Waals surface area contributed by atoms with Crippen molar-refractivity contribution < 1.29 is 4.74 Å². The summed E-state index contributed by atoms with van der Waals surface area (Å²) in [7, 11) is 0. The predicted molar refractivity (Wildman–Crippen MR) is 64.8 cm³/mol. The van der Waals surface area contributed by atoms with Gasteiger partial charge in [-0.1, -0.05) is 0 Å². The fraction of sp³-hybridized carbons (Fsp3) is 0.692. The molecule has 0 spiro atoms. The van der Waals surface area contributed by atoms with Crippen molar-refractivity contribution in [3.05, 3.63) is 23.3 Å². The van der Waals surface area contributed by atoms with Crippen LogP contribution < -0.4 is 5.32 Å². The molecule has 2 fully saturated rings. The van der Waals surface area contributed by atoms with E-state index in [4.69, 9.17) is 4.74 Å². The molecule has 1 saturated carbocycles. The van der Waals surface area contributed by atoms with E-state index < -0.39 is 0 Å². The largest absolute Gasteiger partial charge is 0.381 e. The summed E-state index contributed by atoms with van der Waals surface area (Å²) in [5.74, 6) is 1.37. The van der Waals surface area contributed by atoms with Gasteiger partial charge >= 0.3 is 0 Å². The van der Waals surface area contributed by atoms with Crippen LogP contribution in [0.15, 0.2) is 6.07 Å². The lowest BCUT2D eigenvalue weighted by Crippen LogP contribution is -2.18. The van der Waals surface area contributed by atoms with Crippen LogP contribution in [-0.2, 0) is 11.3 Å². The summed E-state index contributed by atoms with van der Waals surface area (Å²) in [5.41, 5.74) is 2.18. The van der Waals surface area contributed by atoms with Gasteiger partial charge in [0.15, 0.2) is 0 Å². The van der Waals surface area contributed by atoms with E-state index in [2.05, 4.69) is 21.4 Å². The lowest BCUT2D eigenvalue weighted by molar-refractivity contribution is 0.193. The number of hydrogen-bond acceptors (Lipinski definition) is 4. The van der Waals surface area contributed by atoms with Crippen LogP contribution in [-0.4, -0.2) is 29.2 Å². The first-order chi connectivity index (χ1) is 8.31. The third-order valence-corrected chi connectivity index (χ3v) is 3.37. The molecule has 0 amide bonds. The van der Waals surface area contributed by atoms with E-state index in [1.54, 1.807) is 0 Å². The standard InChI is InChI=1S/C13H19N3O/c1-9-6-12(7-14-11-2-3-11)16-13(15-9)10-4-5-17-8-10/h6,10-11,14H,2-5,7-8H2,1H3. The minimum Gasteiger partial charge on any atom is -0.381 e. The molecule has 1 N–H and O–H groups in total. The molecule has 1 aromatic rings. The minimum atomic E-state index is 0.398. The highest BCUT2D eigenvalue weighted by Gasteiger charge is 2.22. The molecule has 0 bridgehead atoms. The van der Waals surface area contributed by atoms with Crippen LogP contribution in [0, 0.1) is 6.92 Å². The number of ether oxygens (including phenoxy) is 1. The molecule has 1 unspecified atom stereocenters. The molecule has 2 heterocycles. The van der Waals surface area contributed by atoms with Crippen LogP contribution in [0.25, 0.3) is 0 Å². The van der Waals surface area contributed by atoms with E-state index in [-0.39, 0.29) is 0 Å². The zero-order chi connectivity index (χ0) is 11.7. The van der Waals surface area contributed by atoms with Gasteiger partial charge < -0.3 is 10.1 Å². The predicted octanol–water partition coefficient (Wildman–Crippen LogP) is 1.54. The molecule has 1 atom stereocenters. The zero-order valence-corrected chi connectivity index (χ0v) is 10.3. The van der Waals surface area contributed by atoms with Crippen molar-refractivity contribution in [3.8, 4) is 0 Å². The van der Waals surface area contributed by atoms with Gasteiger partial charge in [0.25, 0.3) is 0 Å². The SMILES string of the molecule is Cc1cc(CNC2CC2)nc(C2CCOC2)n1. The molecular weight excluding hydrogens is 214 g/mol. The Kier molecular flexibility index (Phi) is 3.07. The molecule has 92 valence electrons. The second-order valence-corrected chi connectivity index (χ2v) is 5.07. The van der Waals surface area contributed by atoms with Crippen LogP contribution in [0.4, 0.5) is 0 Å². The van der Waals surface area contributed by atoms with Gasteiger partial charge in [-0.3, -0.25) is 0 Å². The van der Waals surface area contributed by atoms with Crippen molar-refractivity contribution in [2.24, 2.45) is 0 Å². The molecule has 4 nitrogen and oxygen atoms in total. The molecule has 1 saturated heterocycles. The van der Waals surface area contributed by atoms with Crippen molar-refractivity contribution in [1.82, 2.24) is 15.3 Å². The Morgan fingerprint density at radius 3 is 2.94 bits per heavy atom. The van der Waals surface area contributed by atoms with Crippen LogP contribution >= 0.6 is 0 Å². The lowest BCUT2D eigenvalue weighted by Gasteiger charge is -2.10. The Labute approximate surface area is 102 Å². The fourth-order valence-electron chi connectivity index (χ4n) is 2.21. The van der Waals surface area contributed by atoms with Crippen LogP contribution in [0.5, 0.6) is 0 Å². The number of nitrogens with one attached hydrogen (secondary N) is 1. The molecule has 17 heavy (non-hydrogen) atoms. The first kappa shape index (κ1) is 11.1. The summed E-state index contributed by atoms with van der Waals surface area (Å²) in [6.45, 7) is 4.53.